The van der Waals surface area contributed by atoms with Gasteiger partial charge >= 0.3 is 0 Å². The van der Waals surface area contributed by atoms with Crippen LogP contribution in [0.2, 0.25) is 0 Å². The number of sulfonamides is 1. The maximum atomic E-state index is 13.3. The van der Waals surface area contributed by atoms with Gasteiger partial charge in [-0.1, -0.05) is 66.7 Å². The number of nitrogens with zero attached hydrogens (tertiary/aromatic N) is 1. The van der Waals surface area contributed by atoms with Crippen LogP contribution in [0.15, 0.2) is 89.8 Å². The van der Waals surface area contributed by atoms with Gasteiger partial charge in [0.15, 0.2) is 0 Å². The molecule has 0 aliphatic carbocycles. The third-order valence-corrected chi connectivity index (χ3v) is 6.36. The minimum atomic E-state index is -3.88. The van der Waals surface area contributed by atoms with E-state index < -0.39 is 10.0 Å². The molecule has 0 aromatic heterocycles. The van der Waals surface area contributed by atoms with Gasteiger partial charge in [0.05, 0.1) is 10.6 Å². The molecule has 0 unspecified atom stereocenters. The third kappa shape index (κ3) is 5.23. The predicted molar refractivity (Wildman–Crippen MR) is 115 cm³/mol. The fourth-order valence-corrected chi connectivity index (χ4v) is 4.55. The Morgan fingerprint density at radius 1 is 0.862 bits per heavy atom. The lowest BCUT2D eigenvalue weighted by Gasteiger charge is -2.25. The summed E-state index contributed by atoms with van der Waals surface area (Å²) in [5.41, 5.74) is 2.39. The van der Waals surface area contributed by atoms with Crippen molar-refractivity contribution < 1.29 is 13.2 Å². The van der Waals surface area contributed by atoms with Crippen LogP contribution in [0.5, 0.6) is 0 Å². The minimum Gasteiger partial charge on any atom is -0.354 e. The van der Waals surface area contributed by atoms with E-state index in [2.05, 4.69) is 5.32 Å². The quantitative estimate of drug-likeness (QED) is 0.620. The number of nitrogens with one attached hydrogen (secondary N) is 1. The van der Waals surface area contributed by atoms with Crippen molar-refractivity contribution in [3.8, 4) is 0 Å². The number of carbonyl (C=O) groups is 1. The first kappa shape index (κ1) is 20.6. The Kier molecular flexibility index (Phi) is 6.67. The largest absolute Gasteiger partial charge is 0.354 e. The van der Waals surface area contributed by atoms with E-state index in [1.807, 2.05) is 49.4 Å². The fraction of sp³-hybridized carbons (Fsp3) is 0.174. The Morgan fingerprint density at radius 3 is 2.10 bits per heavy atom. The number of rotatable bonds is 8. The number of anilines is 1. The summed E-state index contributed by atoms with van der Waals surface area (Å²) in [7, 11) is -3.88. The molecule has 0 aliphatic rings. The van der Waals surface area contributed by atoms with Crippen molar-refractivity contribution in [2.75, 3.05) is 17.4 Å². The van der Waals surface area contributed by atoms with Crippen LogP contribution in [-0.4, -0.2) is 27.4 Å². The molecule has 3 rings (SSSR count). The van der Waals surface area contributed by atoms with Crippen LogP contribution in [0.25, 0.3) is 0 Å². The summed E-state index contributed by atoms with van der Waals surface area (Å²) in [5.74, 6) is -0.344. The number of carbonyl (C=O) groups excluding carboxylic acids is 1. The highest BCUT2D eigenvalue weighted by Gasteiger charge is 2.27. The first-order valence-corrected chi connectivity index (χ1v) is 10.9. The smallest absolute Gasteiger partial charge is 0.264 e. The van der Waals surface area contributed by atoms with Crippen molar-refractivity contribution in [2.45, 2.75) is 18.2 Å². The zero-order valence-electron chi connectivity index (χ0n) is 16.3. The molecule has 0 saturated carbocycles. The lowest BCUT2D eigenvalue weighted by molar-refractivity contribution is -0.119. The summed E-state index contributed by atoms with van der Waals surface area (Å²) in [6, 6.07) is 25.1. The van der Waals surface area contributed by atoms with Crippen LogP contribution in [0.3, 0.4) is 0 Å². The molecule has 150 valence electrons. The van der Waals surface area contributed by atoms with Gasteiger partial charge < -0.3 is 5.32 Å². The average molecular weight is 409 g/mol. The SMILES string of the molecule is Cc1ccccc1N(CC(=O)NCCc1ccccc1)S(=O)(=O)c1ccccc1. The van der Waals surface area contributed by atoms with E-state index in [4.69, 9.17) is 0 Å². The Hall–Kier alpha value is -3.12. The molecule has 0 bridgehead atoms. The molecule has 3 aromatic carbocycles. The number of para-hydroxylation sites is 1. The van der Waals surface area contributed by atoms with Crippen LogP contribution in [0, 0.1) is 6.92 Å². The van der Waals surface area contributed by atoms with Gasteiger partial charge in [-0.15, -0.1) is 0 Å². The Morgan fingerprint density at radius 2 is 1.45 bits per heavy atom. The Labute approximate surface area is 172 Å². The molecule has 5 nitrogen and oxygen atoms in total. The molecular formula is C23H24N2O3S. The van der Waals surface area contributed by atoms with Crippen molar-refractivity contribution >= 4 is 21.6 Å². The summed E-state index contributed by atoms with van der Waals surface area (Å²) < 4.78 is 27.7. The van der Waals surface area contributed by atoms with Crippen molar-refractivity contribution in [3.63, 3.8) is 0 Å². The molecule has 1 N–H and O–H groups in total. The van der Waals surface area contributed by atoms with Gasteiger partial charge in [0, 0.05) is 6.54 Å². The number of aryl methyl sites for hydroxylation is 1. The second-order valence-corrected chi connectivity index (χ2v) is 8.56. The first-order chi connectivity index (χ1) is 14.0. The molecule has 29 heavy (non-hydrogen) atoms. The second kappa shape index (κ2) is 9.39. The highest BCUT2D eigenvalue weighted by atomic mass is 32.2. The predicted octanol–water partition coefficient (Wildman–Crippen LogP) is 3.55. The van der Waals surface area contributed by atoms with E-state index in [1.54, 1.807) is 30.3 Å². The fourth-order valence-electron chi connectivity index (χ4n) is 3.04. The molecule has 3 aromatic rings. The van der Waals surface area contributed by atoms with E-state index in [-0.39, 0.29) is 17.3 Å². The monoisotopic (exact) mass is 408 g/mol. The number of benzene rings is 3. The molecular weight excluding hydrogens is 384 g/mol. The molecule has 1 amide bonds. The van der Waals surface area contributed by atoms with Gasteiger partial charge in [-0.2, -0.15) is 0 Å². The molecule has 0 spiro atoms. The Balaban J connectivity index is 1.79. The van der Waals surface area contributed by atoms with Crippen LogP contribution in [-0.2, 0) is 21.2 Å². The van der Waals surface area contributed by atoms with Crippen LogP contribution in [0.1, 0.15) is 11.1 Å². The number of hydrogen-bond acceptors (Lipinski definition) is 3. The summed E-state index contributed by atoms with van der Waals surface area (Å²) in [5, 5.41) is 2.83. The number of hydrogen-bond donors (Lipinski definition) is 1. The second-order valence-electron chi connectivity index (χ2n) is 6.70. The lowest BCUT2D eigenvalue weighted by Crippen LogP contribution is -2.41. The maximum Gasteiger partial charge on any atom is 0.264 e. The minimum absolute atomic E-state index is 0.153. The lowest BCUT2D eigenvalue weighted by atomic mass is 10.1. The van der Waals surface area contributed by atoms with Crippen LogP contribution >= 0.6 is 0 Å². The molecule has 6 heteroatoms. The van der Waals surface area contributed by atoms with E-state index in [0.717, 1.165) is 11.1 Å². The molecule has 0 aliphatic heterocycles. The van der Waals surface area contributed by atoms with E-state index in [1.165, 1.54) is 16.4 Å². The van der Waals surface area contributed by atoms with E-state index in [9.17, 15) is 13.2 Å². The summed E-state index contributed by atoms with van der Waals surface area (Å²) >= 11 is 0. The van der Waals surface area contributed by atoms with Gasteiger partial charge in [0.25, 0.3) is 10.0 Å². The van der Waals surface area contributed by atoms with Gasteiger partial charge in [-0.3, -0.25) is 9.10 Å². The summed E-state index contributed by atoms with van der Waals surface area (Å²) in [6.07, 6.45) is 0.683. The molecule has 0 radical (unpaired) electrons. The zero-order valence-corrected chi connectivity index (χ0v) is 17.1. The summed E-state index contributed by atoms with van der Waals surface area (Å²) in [6.45, 7) is 1.99. The normalized spacial score (nSPS) is 11.1. The summed E-state index contributed by atoms with van der Waals surface area (Å²) in [4.78, 5) is 12.7. The molecule has 0 heterocycles. The topological polar surface area (TPSA) is 66.5 Å². The van der Waals surface area contributed by atoms with Crippen molar-refractivity contribution in [1.29, 1.82) is 0 Å². The van der Waals surface area contributed by atoms with Crippen molar-refractivity contribution in [3.05, 3.63) is 96.1 Å². The first-order valence-electron chi connectivity index (χ1n) is 9.42. The standard InChI is InChI=1S/C23H24N2O3S/c1-19-10-8-9-15-22(19)25(29(27,28)21-13-6-3-7-14-21)18-23(26)24-17-16-20-11-4-2-5-12-20/h2-15H,16-18H2,1H3,(H,24,26). The Bertz CT molecular complexity index is 1050. The van der Waals surface area contributed by atoms with Gasteiger partial charge in [-0.05, 0) is 42.7 Å². The molecule has 0 saturated heterocycles. The van der Waals surface area contributed by atoms with Gasteiger partial charge in [0.1, 0.15) is 6.54 Å². The maximum absolute atomic E-state index is 13.3. The highest BCUT2D eigenvalue weighted by molar-refractivity contribution is 7.92. The van der Waals surface area contributed by atoms with E-state index >= 15 is 0 Å². The van der Waals surface area contributed by atoms with Crippen molar-refractivity contribution in [1.82, 2.24) is 5.32 Å². The molecule has 0 fully saturated rings. The highest BCUT2D eigenvalue weighted by Crippen LogP contribution is 2.26. The zero-order chi connectivity index (χ0) is 20.7. The average Bonchev–Trinajstić information content (AvgIpc) is 2.74. The van der Waals surface area contributed by atoms with E-state index in [0.29, 0.717) is 18.7 Å². The number of amides is 1. The van der Waals surface area contributed by atoms with Crippen LogP contribution < -0.4 is 9.62 Å². The van der Waals surface area contributed by atoms with Gasteiger partial charge in [-0.25, -0.2) is 8.42 Å². The molecule has 0 atom stereocenters. The third-order valence-electron chi connectivity index (χ3n) is 4.58. The van der Waals surface area contributed by atoms with Crippen LogP contribution in [0.4, 0.5) is 5.69 Å². The van der Waals surface area contributed by atoms with Gasteiger partial charge in [0.2, 0.25) is 5.91 Å². The van der Waals surface area contributed by atoms with Crippen molar-refractivity contribution in [2.24, 2.45) is 0 Å².